The minimum atomic E-state index is -0.323. The first kappa shape index (κ1) is 13.9. The van der Waals surface area contributed by atoms with Crippen molar-refractivity contribution in [3.05, 3.63) is 29.3 Å². The number of amides is 1. The van der Waals surface area contributed by atoms with Gasteiger partial charge in [0.1, 0.15) is 11.8 Å². The number of hydrogen-bond acceptors (Lipinski definition) is 3. The lowest BCUT2D eigenvalue weighted by Crippen LogP contribution is -2.34. The minimum absolute atomic E-state index is 0.0247. The second-order valence-electron chi connectivity index (χ2n) is 5.19. The standard InChI is InChI=1S/C15H22N2O2/c1-10(2)11-5-6-13(19-3)12(9-11)14-15(18)17-8-4-7-16-14/h5-6,9-10,14,16H,4,7-8H2,1-3H3,(H,17,18). The number of carbonyl (C=O) groups is 1. The van der Waals surface area contributed by atoms with Crippen LogP contribution in [0.1, 0.15) is 43.4 Å². The Morgan fingerprint density at radius 3 is 2.79 bits per heavy atom. The molecule has 0 radical (unpaired) electrons. The van der Waals surface area contributed by atoms with E-state index in [1.165, 1.54) is 5.56 Å². The van der Waals surface area contributed by atoms with E-state index in [1.54, 1.807) is 7.11 Å². The van der Waals surface area contributed by atoms with E-state index >= 15 is 0 Å². The van der Waals surface area contributed by atoms with Gasteiger partial charge in [0.05, 0.1) is 7.11 Å². The fourth-order valence-electron chi connectivity index (χ4n) is 2.33. The van der Waals surface area contributed by atoms with Crippen molar-refractivity contribution < 1.29 is 9.53 Å². The molecule has 19 heavy (non-hydrogen) atoms. The van der Waals surface area contributed by atoms with Crippen LogP contribution in [0.4, 0.5) is 0 Å². The Bertz CT molecular complexity index is 457. The first-order valence-corrected chi connectivity index (χ1v) is 6.82. The van der Waals surface area contributed by atoms with Crippen LogP contribution in [0.15, 0.2) is 18.2 Å². The summed E-state index contributed by atoms with van der Waals surface area (Å²) >= 11 is 0. The van der Waals surface area contributed by atoms with Crippen molar-refractivity contribution in [2.24, 2.45) is 0 Å². The van der Waals surface area contributed by atoms with Crippen molar-refractivity contribution in [3.63, 3.8) is 0 Å². The predicted octanol–water partition coefficient (Wildman–Crippen LogP) is 1.97. The van der Waals surface area contributed by atoms with Crippen LogP contribution in [0.2, 0.25) is 0 Å². The highest BCUT2D eigenvalue weighted by Gasteiger charge is 2.25. The van der Waals surface area contributed by atoms with Gasteiger partial charge >= 0.3 is 0 Å². The van der Waals surface area contributed by atoms with Gasteiger partial charge in [-0.05, 0) is 36.6 Å². The molecule has 1 heterocycles. The topological polar surface area (TPSA) is 50.4 Å². The van der Waals surface area contributed by atoms with E-state index in [-0.39, 0.29) is 11.9 Å². The van der Waals surface area contributed by atoms with Crippen molar-refractivity contribution in [1.82, 2.24) is 10.6 Å². The zero-order valence-electron chi connectivity index (χ0n) is 11.8. The molecule has 1 fully saturated rings. The second kappa shape index (κ2) is 6.06. The molecular formula is C15H22N2O2. The molecule has 4 heteroatoms. The van der Waals surface area contributed by atoms with Gasteiger partial charge < -0.3 is 15.4 Å². The van der Waals surface area contributed by atoms with Gasteiger partial charge in [-0.1, -0.05) is 19.9 Å². The van der Waals surface area contributed by atoms with E-state index in [0.29, 0.717) is 5.92 Å². The van der Waals surface area contributed by atoms with E-state index in [2.05, 4.69) is 36.6 Å². The van der Waals surface area contributed by atoms with Crippen molar-refractivity contribution in [3.8, 4) is 5.75 Å². The third-order valence-corrected chi connectivity index (χ3v) is 3.49. The molecule has 0 saturated carbocycles. The Hall–Kier alpha value is -1.55. The van der Waals surface area contributed by atoms with Crippen LogP contribution in [-0.4, -0.2) is 26.1 Å². The third-order valence-electron chi connectivity index (χ3n) is 3.49. The molecule has 1 aromatic rings. The molecule has 0 aromatic heterocycles. The van der Waals surface area contributed by atoms with Gasteiger partial charge in [-0.15, -0.1) is 0 Å². The molecule has 1 aliphatic rings. The van der Waals surface area contributed by atoms with Crippen molar-refractivity contribution in [2.45, 2.75) is 32.2 Å². The Morgan fingerprint density at radius 1 is 1.32 bits per heavy atom. The summed E-state index contributed by atoms with van der Waals surface area (Å²) < 4.78 is 5.40. The molecule has 0 spiro atoms. The number of ether oxygens (including phenoxy) is 1. The number of nitrogens with one attached hydrogen (secondary N) is 2. The summed E-state index contributed by atoms with van der Waals surface area (Å²) in [6, 6.07) is 5.76. The van der Waals surface area contributed by atoms with E-state index in [9.17, 15) is 4.79 Å². The molecule has 1 atom stereocenters. The Morgan fingerprint density at radius 2 is 2.11 bits per heavy atom. The van der Waals surface area contributed by atoms with Crippen LogP contribution in [0.25, 0.3) is 0 Å². The monoisotopic (exact) mass is 262 g/mol. The van der Waals surface area contributed by atoms with Crippen LogP contribution >= 0.6 is 0 Å². The van der Waals surface area contributed by atoms with Crippen molar-refractivity contribution >= 4 is 5.91 Å². The number of hydrogen-bond donors (Lipinski definition) is 2. The zero-order valence-corrected chi connectivity index (χ0v) is 11.8. The van der Waals surface area contributed by atoms with Gasteiger partial charge in [0.2, 0.25) is 5.91 Å². The molecule has 0 bridgehead atoms. The second-order valence-corrected chi connectivity index (χ2v) is 5.19. The number of rotatable bonds is 3. The largest absolute Gasteiger partial charge is 0.496 e. The highest BCUT2D eigenvalue weighted by atomic mass is 16.5. The highest BCUT2D eigenvalue weighted by molar-refractivity contribution is 5.84. The average molecular weight is 262 g/mol. The smallest absolute Gasteiger partial charge is 0.241 e. The summed E-state index contributed by atoms with van der Waals surface area (Å²) in [6.07, 6.45) is 0.953. The Balaban J connectivity index is 2.39. The van der Waals surface area contributed by atoms with Crippen LogP contribution in [0.3, 0.4) is 0 Å². The summed E-state index contributed by atoms with van der Waals surface area (Å²) in [6.45, 7) is 5.85. The molecule has 2 N–H and O–H groups in total. The lowest BCUT2D eigenvalue weighted by Gasteiger charge is -2.20. The molecule has 104 valence electrons. The molecular weight excluding hydrogens is 240 g/mol. The Kier molecular flexibility index (Phi) is 4.43. The predicted molar refractivity (Wildman–Crippen MR) is 75.5 cm³/mol. The normalized spacial score (nSPS) is 20.0. The van der Waals surface area contributed by atoms with Crippen molar-refractivity contribution in [2.75, 3.05) is 20.2 Å². The lowest BCUT2D eigenvalue weighted by atomic mass is 9.96. The maximum Gasteiger partial charge on any atom is 0.241 e. The van der Waals surface area contributed by atoms with Gasteiger partial charge in [0.15, 0.2) is 0 Å². The number of benzene rings is 1. The van der Waals surface area contributed by atoms with Crippen LogP contribution < -0.4 is 15.4 Å². The highest BCUT2D eigenvalue weighted by Crippen LogP contribution is 2.29. The average Bonchev–Trinajstić information content (AvgIpc) is 2.62. The Labute approximate surface area is 114 Å². The number of methoxy groups -OCH3 is 1. The quantitative estimate of drug-likeness (QED) is 0.875. The first-order chi connectivity index (χ1) is 9.13. The molecule has 1 saturated heterocycles. The fourth-order valence-corrected chi connectivity index (χ4v) is 2.33. The summed E-state index contributed by atoms with van der Waals surface area (Å²) in [5.41, 5.74) is 2.14. The van der Waals surface area contributed by atoms with Gasteiger partial charge in [-0.3, -0.25) is 4.79 Å². The van der Waals surface area contributed by atoms with Crippen LogP contribution in [0.5, 0.6) is 5.75 Å². The van der Waals surface area contributed by atoms with E-state index < -0.39 is 0 Å². The van der Waals surface area contributed by atoms with E-state index in [0.717, 1.165) is 30.8 Å². The molecule has 0 aliphatic carbocycles. The summed E-state index contributed by atoms with van der Waals surface area (Å²) in [5, 5.41) is 6.23. The zero-order chi connectivity index (χ0) is 13.8. The van der Waals surface area contributed by atoms with Crippen LogP contribution in [-0.2, 0) is 4.79 Å². The maximum absolute atomic E-state index is 12.1. The van der Waals surface area contributed by atoms with Gasteiger partial charge in [-0.25, -0.2) is 0 Å². The summed E-state index contributed by atoms with van der Waals surface area (Å²) in [5.74, 6) is 1.22. The summed E-state index contributed by atoms with van der Waals surface area (Å²) in [7, 11) is 1.64. The maximum atomic E-state index is 12.1. The van der Waals surface area contributed by atoms with E-state index in [1.807, 2.05) is 6.07 Å². The van der Waals surface area contributed by atoms with Gasteiger partial charge in [0.25, 0.3) is 0 Å². The van der Waals surface area contributed by atoms with Crippen molar-refractivity contribution in [1.29, 1.82) is 0 Å². The van der Waals surface area contributed by atoms with Crippen LogP contribution in [0, 0.1) is 0 Å². The molecule has 1 aromatic carbocycles. The SMILES string of the molecule is COc1ccc(C(C)C)cc1C1NCCCNC1=O. The molecule has 1 aliphatic heterocycles. The third kappa shape index (κ3) is 3.07. The molecule has 2 rings (SSSR count). The molecule has 1 amide bonds. The minimum Gasteiger partial charge on any atom is -0.496 e. The van der Waals surface area contributed by atoms with Gasteiger partial charge in [-0.2, -0.15) is 0 Å². The molecule has 4 nitrogen and oxygen atoms in total. The fraction of sp³-hybridized carbons (Fsp3) is 0.533. The first-order valence-electron chi connectivity index (χ1n) is 6.82. The van der Waals surface area contributed by atoms with E-state index in [4.69, 9.17) is 4.74 Å². The van der Waals surface area contributed by atoms with Gasteiger partial charge in [0, 0.05) is 12.1 Å². The molecule has 1 unspecified atom stereocenters. The number of carbonyl (C=O) groups excluding carboxylic acids is 1. The summed E-state index contributed by atoms with van der Waals surface area (Å²) in [4.78, 5) is 12.1. The lowest BCUT2D eigenvalue weighted by molar-refractivity contribution is -0.122.